The number of carbonyl (C=O) groups excluding carboxylic acids is 1. The van der Waals surface area contributed by atoms with Crippen LogP contribution in [0.4, 0.5) is 5.69 Å². The van der Waals surface area contributed by atoms with Crippen LogP contribution in [0.2, 0.25) is 0 Å². The Bertz CT molecular complexity index is 902. The average Bonchev–Trinajstić information content (AvgIpc) is 2.68. The molecule has 0 aromatic heterocycles. The maximum atomic E-state index is 12.5. The van der Waals surface area contributed by atoms with E-state index in [0.29, 0.717) is 26.2 Å². The first kappa shape index (κ1) is 19.2. The second kappa shape index (κ2) is 8.00. The van der Waals surface area contributed by atoms with Crippen molar-refractivity contribution >= 4 is 21.4 Å². The quantitative estimate of drug-likeness (QED) is 0.785. The predicted octanol–water partition coefficient (Wildman–Crippen LogP) is 2.13. The Balaban J connectivity index is 1.62. The second-order valence-electron chi connectivity index (χ2n) is 6.61. The first-order valence-corrected chi connectivity index (χ1v) is 10.5. The Hall–Kier alpha value is -2.54. The van der Waals surface area contributed by atoms with Gasteiger partial charge in [-0.2, -0.15) is 0 Å². The molecule has 0 aliphatic carbocycles. The van der Waals surface area contributed by atoms with Crippen molar-refractivity contribution in [2.45, 2.75) is 11.8 Å². The maximum Gasteiger partial charge on any atom is 0.238 e. The lowest BCUT2D eigenvalue weighted by atomic mass is 10.2. The molecule has 1 fully saturated rings. The molecule has 0 atom stereocenters. The fraction of sp³-hybridized carbons (Fsp3) is 0.350. The summed E-state index contributed by atoms with van der Waals surface area (Å²) < 4.78 is 30.4. The molecule has 1 saturated heterocycles. The van der Waals surface area contributed by atoms with Gasteiger partial charge < -0.3 is 14.5 Å². The number of carbonyl (C=O) groups is 1. The van der Waals surface area contributed by atoms with E-state index in [9.17, 15) is 13.2 Å². The third kappa shape index (κ3) is 4.42. The van der Waals surface area contributed by atoms with Crippen LogP contribution in [0.1, 0.15) is 5.56 Å². The minimum Gasteiger partial charge on any atom is -0.495 e. The summed E-state index contributed by atoms with van der Waals surface area (Å²) in [5, 5.41) is 0. The van der Waals surface area contributed by atoms with Crippen molar-refractivity contribution < 1.29 is 17.9 Å². The van der Waals surface area contributed by atoms with Crippen molar-refractivity contribution in [3.63, 3.8) is 0 Å². The van der Waals surface area contributed by atoms with Crippen LogP contribution in [0.3, 0.4) is 0 Å². The van der Waals surface area contributed by atoms with E-state index in [1.165, 1.54) is 0 Å². The zero-order valence-corrected chi connectivity index (χ0v) is 16.4. The zero-order chi connectivity index (χ0) is 19.4. The summed E-state index contributed by atoms with van der Waals surface area (Å²) in [6, 6.07) is 14.3. The summed E-state index contributed by atoms with van der Waals surface area (Å²) in [7, 11) is -1.99. The molecule has 3 rings (SSSR count). The minimum atomic E-state index is -3.63. The van der Waals surface area contributed by atoms with Crippen LogP contribution in [-0.4, -0.2) is 58.3 Å². The van der Waals surface area contributed by atoms with Crippen LogP contribution in [0.25, 0.3) is 0 Å². The molecule has 0 spiro atoms. The van der Waals surface area contributed by atoms with E-state index < -0.39 is 15.6 Å². The smallest absolute Gasteiger partial charge is 0.238 e. The number of ether oxygens (including phenoxy) is 1. The number of anilines is 1. The fourth-order valence-corrected chi connectivity index (χ4v) is 4.40. The molecule has 0 unspecified atom stereocenters. The lowest BCUT2D eigenvalue weighted by Gasteiger charge is -2.36. The predicted molar refractivity (Wildman–Crippen MR) is 105 cm³/mol. The summed E-state index contributed by atoms with van der Waals surface area (Å²) in [4.78, 5) is 16.5. The summed E-state index contributed by atoms with van der Waals surface area (Å²) in [5.41, 5.74) is 1.96. The highest BCUT2D eigenvalue weighted by Crippen LogP contribution is 2.28. The van der Waals surface area contributed by atoms with Crippen LogP contribution in [0.5, 0.6) is 5.75 Å². The second-order valence-corrected chi connectivity index (χ2v) is 8.60. The number of methoxy groups -OCH3 is 1. The van der Waals surface area contributed by atoms with E-state index in [0.717, 1.165) is 17.0 Å². The molecule has 6 nitrogen and oxygen atoms in total. The van der Waals surface area contributed by atoms with E-state index in [4.69, 9.17) is 4.74 Å². The van der Waals surface area contributed by atoms with Crippen molar-refractivity contribution in [3.8, 4) is 5.75 Å². The zero-order valence-electron chi connectivity index (χ0n) is 15.6. The summed E-state index contributed by atoms with van der Waals surface area (Å²) in [6.45, 7) is 4.14. The molecule has 1 heterocycles. The molecule has 1 amide bonds. The van der Waals surface area contributed by atoms with Crippen molar-refractivity contribution in [1.82, 2.24) is 4.90 Å². The largest absolute Gasteiger partial charge is 0.495 e. The molecule has 1 aliphatic heterocycles. The molecule has 2 aromatic carbocycles. The van der Waals surface area contributed by atoms with Crippen LogP contribution in [0, 0.1) is 6.92 Å². The molecule has 0 N–H and O–H groups in total. The summed E-state index contributed by atoms with van der Waals surface area (Å²) in [5.74, 6) is -0.0560. The van der Waals surface area contributed by atoms with Gasteiger partial charge in [-0.1, -0.05) is 29.8 Å². The molecule has 1 aliphatic rings. The minimum absolute atomic E-state index is 0.189. The first-order valence-electron chi connectivity index (χ1n) is 8.86. The van der Waals surface area contributed by atoms with Gasteiger partial charge in [0.15, 0.2) is 9.84 Å². The van der Waals surface area contributed by atoms with E-state index in [1.54, 1.807) is 36.3 Å². The number of sulfone groups is 1. The van der Waals surface area contributed by atoms with Gasteiger partial charge in [0, 0.05) is 26.2 Å². The highest BCUT2D eigenvalue weighted by molar-refractivity contribution is 7.92. The first-order chi connectivity index (χ1) is 12.9. The number of amides is 1. The number of hydrogen-bond donors (Lipinski definition) is 0. The SMILES string of the molecule is COc1ccccc1N1CCN(C(=O)CS(=O)(=O)c2ccc(C)cc2)CC1. The van der Waals surface area contributed by atoms with Crippen molar-refractivity contribution in [2.75, 3.05) is 43.9 Å². The molecular weight excluding hydrogens is 364 g/mol. The van der Waals surface area contributed by atoms with E-state index in [-0.39, 0.29) is 10.8 Å². The Kier molecular flexibility index (Phi) is 5.70. The summed E-state index contributed by atoms with van der Waals surface area (Å²) >= 11 is 0. The topological polar surface area (TPSA) is 66.9 Å². The lowest BCUT2D eigenvalue weighted by Crippen LogP contribution is -2.50. The van der Waals surface area contributed by atoms with Gasteiger partial charge >= 0.3 is 0 Å². The van der Waals surface area contributed by atoms with Gasteiger partial charge in [-0.25, -0.2) is 8.42 Å². The van der Waals surface area contributed by atoms with Crippen molar-refractivity contribution in [2.24, 2.45) is 0 Å². The Labute approximate surface area is 160 Å². The number of nitrogens with zero attached hydrogens (tertiary/aromatic N) is 2. The molecule has 2 aromatic rings. The lowest BCUT2D eigenvalue weighted by molar-refractivity contribution is -0.128. The van der Waals surface area contributed by atoms with Crippen LogP contribution < -0.4 is 9.64 Å². The van der Waals surface area contributed by atoms with Crippen LogP contribution in [0.15, 0.2) is 53.4 Å². The number of hydrogen-bond acceptors (Lipinski definition) is 5. The molecule has 144 valence electrons. The standard InChI is InChI=1S/C20H24N2O4S/c1-16-7-9-17(10-8-16)27(24,25)15-20(23)22-13-11-21(12-14-22)18-5-3-4-6-19(18)26-2/h3-10H,11-15H2,1-2H3. The molecule has 0 saturated carbocycles. The number of piperazine rings is 1. The Morgan fingerprint density at radius 3 is 2.26 bits per heavy atom. The third-order valence-corrected chi connectivity index (χ3v) is 6.37. The maximum absolute atomic E-state index is 12.5. The Morgan fingerprint density at radius 2 is 1.63 bits per heavy atom. The van der Waals surface area contributed by atoms with Gasteiger partial charge in [0.25, 0.3) is 0 Å². The highest BCUT2D eigenvalue weighted by atomic mass is 32.2. The molecule has 0 bridgehead atoms. The summed E-state index contributed by atoms with van der Waals surface area (Å²) in [6.07, 6.45) is 0. The van der Waals surface area contributed by atoms with Gasteiger partial charge in [-0.3, -0.25) is 4.79 Å². The number of benzene rings is 2. The van der Waals surface area contributed by atoms with Gasteiger partial charge in [0.1, 0.15) is 11.5 Å². The fourth-order valence-electron chi connectivity index (χ4n) is 3.17. The van der Waals surface area contributed by atoms with E-state index in [2.05, 4.69) is 4.90 Å². The third-order valence-electron chi connectivity index (χ3n) is 4.75. The normalized spacial score (nSPS) is 14.9. The molecule has 7 heteroatoms. The van der Waals surface area contributed by atoms with Gasteiger partial charge in [-0.15, -0.1) is 0 Å². The Morgan fingerprint density at radius 1 is 1.00 bits per heavy atom. The molecular formula is C20H24N2O4S. The van der Waals surface area contributed by atoms with Gasteiger partial charge in [0.05, 0.1) is 17.7 Å². The number of rotatable bonds is 5. The highest BCUT2D eigenvalue weighted by Gasteiger charge is 2.27. The van der Waals surface area contributed by atoms with Gasteiger partial charge in [0.2, 0.25) is 5.91 Å². The van der Waals surface area contributed by atoms with Crippen molar-refractivity contribution in [1.29, 1.82) is 0 Å². The molecule has 0 radical (unpaired) electrons. The number of aryl methyl sites for hydroxylation is 1. The monoisotopic (exact) mass is 388 g/mol. The van der Waals surface area contributed by atoms with Crippen LogP contribution in [-0.2, 0) is 14.6 Å². The van der Waals surface area contributed by atoms with Crippen LogP contribution >= 0.6 is 0 Å². The van der Waals surface area contributed by atoms with Gasteiger partial charge in [-0.05, 0) is 31.2 Å². The average molecular weight is 388 g/mol. The number of para-hydroxylation sites is 2. The van der Waals surface area contributed by atoms with Crippen molar-refractivity contribution in [3.05, 3.63) is 54.1 Å². The van der Waals surface area contributed by atoms with E-state index in [1.807, 2.05) is 31.2 Å². The molecule has 27 heavy (non-hydrogen) atoms. The van der Waals surface area contributed by atoms with E-state index >= 15 is 0 Å².